The molecule has 0 N–H and O–H groups in total. The molecule has 0 aromatic heterocycles. The highest BCUT2D eigenvalue weighted by Crippen LogP contribution is 2.19. The van der Waals surface area contributed by atoms with E-state index in [2.05, 4.69) is 35.0 Å². The van der Waals surface area contributed by atoms with Gasteiger partial charge in [-0.25, -0.2) is 0 Å². The van der Waals surface area contributed by atoms with E-state index in [0.717, 1.165) is 23.7 Å². The molecule has 1 atom stereocenters. The van der Waals surface area contributed by atoms with Crippen LogP contribution in [0.15, 0.2) is 28.7 Å². The molecule has 0 saturated carbocycles. The first kappa shape index (κ1) is 23.7. The van der Waals surface area contributed by atoms with Crippen LogP contribution in [0, 0.1) is 5.92 Å². The molecule has 0 aliphatic heterocycles. The van der Waals surface area contributed by atoms with Crippen LogP contribution in [-0.4, -0.2) is 25.2 Å². The zero-order chi connectivity index (χ0) is 19.9. The minimum Gasteiger partial charge on any atom is -0.466 e. The van der Waals surface area contributed by atoms with Gasteiger partial charge in [0.2, 0.25) is 0 Å². The summed E-state index contributed by atoms with van der Waals surface area (Å²) in [5, 5.41) is 0. The smallest absolute Gasteiger partial charge is 0.317 e. The lowest BCUT2D eigenvalue weighted by atomic mass is 9.94. The Labute approximate surface area is 172 Å². The molecule has 1 unspecified atom stereocenters. The average molecular weight is 441 g/mol. The summed E-state index contributed by atoms with van der Waals surface area (Å²) in [4.78, 5) is 23.2. The van der Waals surface area contributed by atoms with E-state index in [0.29, 0.717) is 6.61 Å². The zero-order valence-electron chi connectivity index (χ0n) is 16.7. The van der Waals surface area contributed by atoms with Crippen molar-refractivity contribution < 1.29 is 19.1 Å². The maximum absolute atomic E-state index is 11.8. The van der Waals surface area contributed by atoms with Crippen molar-refractivity contribution in [1.82, 2.24) is 0 Å². The van der Waals surface area contributed by atoms with Gasteiger partial charge in [-0.3, -0.25) is 9.59 Å². The number of carbonyl (C=O) groups excluding carboxylic acids is 2. The summed E-state index contributed by atoms with van der Waals surface area (Å²) in [6, 6.07) is 8.26. The minimum atomic E-state index is -0.525. The molecule has 0 heterocycles. The zero-order valence-corrected chi connectivity index (χ0v) is 18.3. The van der Waals surface area contributed by atoms with Crippen LogP contribution >= 0.6 is 15.9 Å². The second kappa shape index (κ2) is 14.7. The van der Waals surface area contributed by atoms with Crippen molar-refractivity contribution in [2.75, 3.05) is 13.2 Å². The standard InChI is InChI=1S/C22H33BrO4/c1-3-5-6-7-8-9-10-19(15-18-11-13-20(23)14-12-18)17-27-22(25)16-21(24)26-4-2/h11-14,19H,3-10,15-17H2,1-2H3. The Hall–Kier alpha value is -1.36. The molecule has 0 bridgehead atoms. The molecule has 0 aliphatic rings. The van der Waals surface area contributed by atoms with Gasteiger partial charge in [-0.05, 0) is 43.4 Å². The molecular weight excluding hydrogens is 408 g/mol. The van der Waals surface area contributed by atoms with Gasteiger partial charge in [-0.2, -0.15) is 0 Å². The first-order chi connectivity index (χ1) is 13.0. The van der Waals surface area contributed by atoms with Crippen molar-refractivity contribution in [3.8, 4) is 0 Å². The molecule has 0 saturated heterocycles. The van der Waals surface area contributed by atoms with Gasteiger partial charge in [0, 0.05) is 4.47 Å². The number of rotatable bonds is 14. The van der Waals surface area contributed by atoms with Gasteiger partial charge < -0.3 is 9.47 Å². The van der Waals surface area contributed by atoms with Gasteiger partial charge >= 0.3 is 11.9 Å². The lowest BCUT2D eigenvalue weighted by Crippen LogP contribution is -2.19. The number of hydrogen-bond donors (Lipinski definition) is 0. The summed E-state index contributed by atoms with van der Waals surface area (Å²) in [6.07, 6.45) is 9.05. The number of esters is 2. The van der Waals surface area contributed by atoms with Crippen LogP contribution in [0.25, 0.3) is 0 Å². The molecular formula is C22H33BrO4. The lowest BCUT2D eigenvalue weighted by Gasteiger charge is -2.17. The summed E-state index contributed by atoms with van der Waals surface area (Å²) in [5.41, 5.74) is 1.23. The van der Waals surface area contributed by atoms with E-state index in [4.69, 9.17) is 9.47 Å². The fraction of sp³-hybridized carbons (Fsp3) is 0.636. The number of benzene rings is 1. The molecule has 4 nitrogen and oxygen atoms in total. The monoisotopic (exact) mass is 440 g/mol. The Bertz CT molecular complexity index is 542. The molecule has 0 fully saturated rings. The van der Waals surface area contributed by atoms with Crippen molar-refractivity contribution in [3.05, 3.63) is 34.3 Å². The maximum Gasteiger partial charge on any atom is 0.317 e. The average Bonchev–Trinajstić information content (AvgIpc) is 2.64. The van der Waals surface area contributed by atoms with Crippen LogP contribution in [-0.2, 0) is 25.5 Å². The van der Waals surface area contributed by atoms with Gasteiger partial charge in [0.15, 0.2) is 0 Å². The molecule has 5 heteroatoms. The number of unbranched alkanes of at least 4 members (excludes halogenated alkanes) is 5. The molecule has 1 aromatic carbocycles. The maximum atomic E-state index is 11.8. The van der Waals surface area contributed by atoms with Crippen LogP contribution in [0.3, 0.4) is 0 Å². The van der Waals surface area contributed by atoms with Gasteiger partial charge in [0.1, 0.15) is 6.42 Å². The number of carbonyl (C=O) groups is 2. The third kappa shape index (κ3) is 11.9. The number of halogens is 1. The van der Waals surface area contributed by atoms with Crippen LogP contribution in [0.1, 0.15) is 70.8 Å². The SMILES string of the molecule is CCCCCCCCC(COC(=O)CC(=O)OCC)Cc1ccc(Br)cc1. The third-order valence-corrected chi connectivity index (χ3v) is 5.01. The van der Waals surface area contributed by atoms with Crippen molar-refractivity contribution in [2.24, 2.45) is 5.92 Å². The van der Waals surface area contributed by atoms with E-state index < -0.39 is 11.9 Å². The van der Waals surface area contributed by atoms with Crippen LogP contribution < -0.4 is 0 Å². The highest BCUT2D eigenvalue weighted by molar-refractivity contribution is 9.10. The number of ether oxygens (including phenoxy) is 2. The number of hydrogen-bond acceptors (Lipinski definition) is 4. The van der Waals surface area contributed by atoms with E-state index in [9.17, 15) is 9.59 Å². The molecule has 0 radical (unpaired) electrons. The molecule has 152 valence electrons. The fourth-order valence-corrected chi connectivity index (χ4v) is 3.27. The summed E-state index contributed by atoms with van der Waals surface area (Å²) < 4.78 is 11.2. The van der Waals surface area contributed by atoms with Gasteiger partial charge in [0.05, 0.1) is 13.2 Å². The quantitative estimate of drug-likeness (QED) is 0.206. The Morgan fingerprint density at radius 1 is 0.926 bits per heavy atom. The van der Waals surface area contributed by atoms with Gasteiger partial charge in [-0.1, -0.05) is 73.5 Å². The Morgan fingerprint density at radius 2 is 1.56 bits per heavy atom. The minimum absolute atomic E-state index is 0.267. The Kier molecular flexibility index (Phi) is 12.9. The van der Waals surface area contributed by atoms with Crippen LogP contribution in [0.5, 0.6) is 0 Å². The van der Waals surface area contributed by atoms with Gasteiger partial charge in [0.25, 0.3) is 0 Å². The second-order valence-corrected chi connectivity index (χ2v) is 7.83. The molecule has 27 heavy (non-hydrogen) atoms. The molecule has 0 amide bonds. The predicted octanol–water partition coefficient (Wildman–Crippen LogP) is 5.85. The van der Waals surface area contributed by atoms with Crippen LogP contribution in [0.4, 0.5) is 0 Å². The van der Waals surface area contributed by atoms with E-state index in [1.807, 2.05) is 12.1 Å². The molecule has 0 spiro atoms. The Balaban J connectivity index is 2.47. The van der Waals surface area contributed by atoms with Crippen molar-refractivity contribution in [1.29, 1.82) is 0 Å². The van der Waals surface area contributed by atoms with Crippen molar-refractivity contribution in [3.63, 3.8) is 0 Å². The van der Waals surface area contributed by atoms with Crippen molar-refractivity contribution in [2.45, 2.75) is 71.6 Å². The topological polar surface area (TPSA) is 52.6 Å². The highest BCUT2D eigenvalue weighted by atomic mass is 79.9. The van der Waals surface area contributed by atoms with E-state index in [1.54, 1.807) is 6.92 Å². The fourth-order valence-electron chi connectivity index (χ4n) is 3.00. The van der Waals surface area contributed by atoms with E-state index in [1.165, 1.54) is 37.7 Å². The Morgan fingerprint density at radius 3 is 2.22 bits per heavy atom. The lowest BCUT2D eigenvalue weighted by molar-refractivity contribution is -0.155. The second-order valence-electron chi connectivity index (χ2n) is 6.92. The predicted molar refractivity (Wildman–Crippen MR) is 112 cm³/mol. The highest BCUT2D eigenvalue weighted by Gasteiger charge is 2.16. The molecule has 1 aromatic rings. The van der Waals surface area contributed by atoms with Crippen LogP contribution in [0.2, 0.25) is 0 Å². The largest absolute Gasteiger partial charge is 0.466 e. The first-order valence-corrected chi connectivity index (χ1v) is 10.9. The van der Waals surface area contributed by atoms with Crippen molar-refractivity contribution >= 4 is 27.9 Å². The summed E-state index contributed by atoms with van der Waals surface area (Å²) in [5.74, 6) is -0.761. The van der Waals surface area contributed by atoms with E-state index in [-0.39, 0.29) is 18.9 Å². The third-order valence-electron chi connectivity index (χ3n) is 4.48. The first-order valence-electron chi connectivity index (χ1n) is 10.1. The molecule has 0 aliphatic carbocycles. The summed E-state index contributed by atoms with van der Waals surface area (Å²) >= 11 is 3.46. The van der Waals surface area contributed by atoms with Gasteiger partial charge in [-0.15, -0.1) is 0 Å². The van der Waals surface area contributed by atoms with E-state index >= 15 is 0 Å². The summed E-state index contributed by atoms with van der Waals surface area (Å²) in [7, 11) is 0. The normalized spacial score (nSPS) is 11.8. The summed E-state index contributed by atoms with van der Waals surface area (Å²) in [6.45, 7) is 4.57. The molecule has 1 rings (SSSR count).